The van der Waals surface area contributed by atoms with Crippen LogP contribution in [-0.2, 0) is 73.5 Å². The number of carboxylic acids is 1. The summed E-state index contributed by atoms with van der Waals surface area (Å²) in [6.07, 6.45) is 0.187. The number of rotatable bonds is 30. The van der Waals surface area contributed by atoms with E-state index in [-0.39, 0.29) is 36.8 Å². The number of hydrogen-bond acceptors (Lipinski definition) is 16. The van der Waals surface area contributed by atoms with Crippen LogP contribution in [0.2, 0.25) is 0 Å². The summed E-state index contributed by atoms with van der Waals surface area (Å²) in [6.45, 7) is -5.51. The molecule has 0 aliphatic carbocycles. The average Bonchev–Trinajstić information content (AvgIpc) is 1.76. The predicted molar refractivity (Wildman–Crippen MR) is 287 cm³/mol. The number of ether oxygens (including phenoxy) is 2. The van der Waals surface area contributed by atoms with Crippen LogP contribution in [0.1, 0.15) is 24.8 Å². The molecule has 0 bridgehead atoms. The number of carbonyl (C=O) groups is 14. The first-order valence-corrected chi connectivity index (χ1v) is 25.7. The standard InChI is InChI=1S/C53H66F5N11O17/c1-59(37(70)12-11-17-85-36-20-35(69-38(71)14-15-39(69)72)32(54)18-31(36)13-16-50(84)86-53-51(57)33(55)19-34(56)52(53)58)21-40(73)60(2)22-41(74)61(3)23-42(75)62(4)24-43(76)63(5)25-44(77)64(6)26-45(78)65(7)27-46(79)66(8)28-47(80)67(9)29-48(81)68(10)30-49(82)83/h14-15,18-20H,11-13,16-17,21-30H2,1-10H3,(H,82,83). The summed E-state index contributed by atoms with van der Waals surface area (Å²) in [5.41, 5.74) is -0.662. The highest BCUT2D eigenvalue weighted by molar-refractivity contribution is 6.28. The van der Waals surface area contributed by atoms with E-state index in [0.717, 1.165) is 73.3 Å². The first-order chi connectivity index (χ1) is 40.0. The molecule has 1 N–H and O–H groups in total. The second kappa shape index (κ2) is 31.9. The van der Waals surface area contributed by atoms with Crippen molar-refractivity contribution in [2.45, 2.75) is 25.7 Å². The number of esters is 1. The number of aryl methyl sites for hydroxylation is 1. The zero-order valence-corrected chi connectivity index (χ0v) is 48.8. The van der Waals surface area contributed by atoms with Crippen LogP contribution in [0, 0.1) is 29.1 Å². The summed E-state index contributed by atoms with van der Waals surface area (Å²) in [7, 11) is 12.7. The highest BCUT2D eigenvalue weighted by Gasteiger charge is 2.31. The first kappa shape index (κ1) is 70.7. The number of imide groups is 1. The van der Waals surface area contributed by atoms with Crippen LogP contribution in [0.4, 0.5) is 27.6 Å². The molecule has 12 amide bonds. The number of amides is 12. The number of nitrogens with zero attached hydrogens (tertiary/aromatic N) is 11. The number of carboxylic acid groups (broad SMARTS) is 1. The summed E-state index contributed by atoms with van der Waals surface area (Å²) >= 11 is 0. The number of benzene rings is 2. The molecule has 86 heavy (non-hydrogen) atoms. The summed E-state index contributed by atoms with van der Waals surface area (Å²) in [4.78, 5) is 187. The third-order valence-electron chi connectivity index (χ3n) is 12.8. The van der Waals surface area contributed by atoms with E-state index in [0.29, 0.717) is 4.90 Å². The summed E-state index contributed by atoms with van der Waals surface area (Å²) < 4.78 is 81.2. The van der Waals surface area contributed by atoms with E-state index < -0.39 is 202 Å². The van der Waals surface area contributed by atoms with Crippen molar-refractivity contribution in [2.75, 3.05) is 147 Å². The van der Waals surface area contributed by atoms with Crippen molar-refractivity contribution in [2.24, 2.45) is 0 Å². The normalized spacial score (nSPS) is 11.5. The molecule has 0 saturated carbocycles. The third-order valence-corrected chi connectivity index (χ3v) is 12.8. The van der Waals surface area contributed by atoms with Crippen molar-refractivity contribution >= 4 is 88.5 Å². The van der Waals surface area contributed by atoms with Crippen LogP contribution in [0.3, 0.4) is 0 Å². The molecule has 0 radical (unpaired) electrons. The third kappa shape index (κ3) is 20.6. The van der Waals surface area contributed by atoms with Gasteiger partial charge in [-0.05, 0) is 24.5 Å². The lowest BCUT2D eigenvalue weighted by Crippen LogP contribution is -2.49. The summed E-state index contributed by atoms with van der Waals surface area (Å²) in [6, 6.07) is 1.66. The molecule has 28 nitrogen and oxygen atoms in total. The lowest BCUT2D eigenvalue weighted by Gasteiger charge is -2.27. The Bertz CT molecular complexity index is 3000. The van der Waals surface area contributed by atoms with Crippen LogP contribution in [-0.4, -0.2) is 279 Å². The van der Waals surface area contributed by atoms with E-state index in [9.17, 15) is 84.7 Å². The highest BCUT2D eigenvalue weighted by atomic mass is 19.2. The number of likely N-dealkylation sites (N-methyl/N-ethyl adjacent to an activating group) is 10. The molecule has 1 heterocycles. The smallest absolute Gasteiger partial charge is 0.323 e. The monoisotopic (exact) mass is 1220 g/mol. The Kier molecular flexibility index (Phi) is 26.2. The Morgan fingerprint density at radius 2 is 0.744 bits per heavy atom. The first-order valence-electron chi connectivity index (χ1n) is 25.7. The quantitative estimate of drug-likeness (QED) is 0.0225. The van der Waals surface area contributed by atoms with Gasteiger partial charge in [0.05, 0.1) is 77.6 Å². The minimum Gasteiger partial charge on any atom is -0.493 e. The molecule has 2 aromatic carbocycles. The fourth-order valence-corrected chi connectivity index (χ4v) is 7.36. The van der Waals surface area contributed by atoms with Gasteiger partial charge >= 0.3 is 11.9 Å². The van der Waals surface area contributed by atoms with Gasteiger partial charge < -0.3 is 63.6 Å². The van der Waals surface area contributed by atoms with Crippen LogP contribution in [0.15, 0.2) is 30.4 Å². The van der Waals surface area contributed by atoms with Gasteiger partial charge in [-0.25, -0.2) is 18.1 Å². The molecule has 470 valence electrons. The highest BCUT2D eigenvalue weighted by Crippen LogP contribution is 2.33. The lowest BCUT2D eigenvalue weighted by atomic mass is 10.1. The molecule has 0 saturated heterocycles. The van der Waals surface area contributed by atoms with Gasteiger partial charge in [-0.15, -0.1) is 0 Å². The Hall–Kier alpha value is -9.59. The van der Waals surface area contributed by atoms with Gasteiger partial charge in [-0.3, -0.25) is 67.1 Å². The Balaban J connectivity index is 1.44. The molecule has 0 spiro atoms. The maximum absolute atomic E-state index is 15.4. The van der Waals surface area contributed by atoms with Crippen molar-refractivity contribution in [3.8, 4) is 11.5 Å². The molecule has 0 aromatic heterocycles. The van der Waals surface area contributed by atoms with Crippen LogP contribution in [0.25, 0.3) is 0 Å². The molecule has 0 atom stereocenters. The zero-order valence-electron chi connectivity index (χ0n) is 48.8. The van der Waals surface area contributed by atoms with Gasteiger partial charge in [-0.2, -0.15) is 8.78 Å². The van der Waals surface area contributed by atoms with E-state index in [2.05, 4.69) is 4.74 Å². The van der Waals surface area contributed by atoms with E-state index in [1.807, 2.05) is 0 Å². The van der Waals surface area contributed by atoms with Crippen molar-refractivity contribution in [3.63, 3.8) is 0 Å². The Morgan fingerprint density at radius 1 is 0.430 bits per heavy atom. The molecule has 1 aliphatic heterocycles. The van der Waals surface area contributed by atoms with Gasteiger partial charge in [0.15, 0.2) is 11.6 Å². The van der Waals surface area contributed by atoms with Crippen molar-refractivity contribution < 1.29 is 104 Å². The Labute approximate surface area is 489 Å². The van der Waals surface area contributed by atoms with Gasteiger partial charge in [0, 0.05) is 101 Å². The van der Waals surface area contributed by atoms with Gasteiger partial charge in [-0.1, -0.05) is 0 Å². The lowest BCUT2D eigenvalue weighted by molar-refractivity contribution is -0.147. The topological polar surface area (TPSA) is 313 Å². The predicted octanol–water partition coefficient (Wildman–Crippen LogP) is -1.82. The maximum Gasteiger partial charge on any atom is 0.323 e. The number of carbonyl (C=O) groups excluding carboxylic acids is 13. The van der Waals surface area contributed by atoms with E-state index in [1.54, 1.807) is 0 Å². The molecule has 0 fully saturated rings. The summed E-state index contributed by atoms with van der Waals surface area (Å²) in [5, 5.41) is 8.86. The summed E-state index contributed by atoms with van der Waals surface area (Å²) in [5.74, 6) is -21.9. The molecule has 3 rings (SSSR count). The van der Waals surface area contributed by atoms with Gasteiger partial charge in [0.25, 0.3) is 11.8 Å². The fourth-order valence-electron chi connectivity index (χ4n) is 7.36. The van der Waals surface area contributed by atoms with Crippen LogP contribution < -0.4 is 14.4 Å². The van der Waals surface area contributed by atoms with E-state index in [4.69, 9.17) is 9.84 Å². The molecule has 0 unspecified atom stereocenters. The Morgan fingerprint density at radius 3 is 1.07 bits per heavy atom. The minimum absolute atomic E-state index is 0.0651. The minimum atomic E-state index is -1.99. The number of hydrogen-bond donors (Lipinski definition) is 1. The molecular formula is C53H66F5N11O17. The van der Waals surface area contributed by atoms with Crippen molar-refractivity contribution in [1.82, 2.24) is 49.0 Å². The SMILES string of the molecule is CN(CC(=O)O)C(=O)CN(C)C(=O)CN(C)C(=O)CN(C)C(=O)CN(C)C(=O)CN(C)C(=O)CN(C)C(=O)CN(C)C(=O)CN(C)C(=O)CN(C)C(=O)CCCOc1cc(N2C(=O)C=CC2=O)c(F)cc1CCC(=O)Oc1c(F)c(F)cc(F)c1F. The number of anilines is 1. The molecule has 2 aromatic rings. The number of aliphatic carboxylic acids is 1. The zero-order chi connectivity index (χ0) is 65.2. The van der Waals surface area contributed by atoms with Gasteiger partial charge in [0.2, 0.25) is 76.5 Å². The molecule has 33 heteroatoms. The average molecular weight is 1220 g/mol. The van der Waals surface area contributed by atoms with Crippen LogP contribution in [0.5, 0.6) is 11.5 Å². The maximum atomic E-state index is 15.4. The second-order valence-corrected chi connectivity index (χ2v) is 19.9. The largest absolute Gasteiger partial charge is 0.493 e. The fraction of sp³-hybridized carbons (Fsp3) is 0.472. The van der Waals surface area contributed by atoms with Crippen molar-refractivity contribution in [3.05, 3.63) is 65.0 Å². The molecule has 1 aliphatic rings. The molecular weight excluding hydrogens is 1160 g/mol. The van der Waals surface area contributed by atoms with E-state index >= 15 is 4.39 Å². The van der Waals surface area contributed by atoms with Crippen molar-refractivity contribution in [1.29, 1.82) is 0 Å². The second-order valence-electron chi connectivity index (χ2n) is 19.9. The van der Waals surface area contributed by atoms with E-state index in [1.165, 1.54) is 70.5 Å². The van der Waals surface area contributed by atoms with Gasteiger partial charge in [0.1, 0.15) is 18.1 Å². The van der Waals surface area contributed by atoms with Crippen LogP contribution >= 0.6 is 0 Å². The number of halogens is 5.